The Labute approximate surface area is 149 Å². The lowest BCUT2D eigenvalue weighted by Gasteiger charge is -2.24. The highest BCUT2D eigenvalue weighted by molar-refractivity contribution is 6.30. The topological polar surface area (TPSA) is 81.0 Å². The molecule has 3 rings (SSSR count). The van der Waals surface area contributed by atoms with Crippen molar-refractivity contribution in [1.82, 2.24) is 14.9 Å². The van der Waals surface area contributed by atoms with E-state index in [1.54, 1.807) is 18.2 Å². The molecule has 6 nitrogen and oxygen atoms in total. The minimum atomic E-state index is -0.333. The Balaban J connectivity index is 1.67. The molecule has 0 unspecified atom stereocenters. The molecule has 0 fully saturated rings. The number of hydrogen-bond acceptors (Lipinski definition) is 3. The summed E-state index contributed by atoms with van der Waals surface area (Å²) in [5, 5.41) is 3.56. The van der Waals surface area contributed by atoms with Crippen molar-refractivity contribution in [1.29, 1.82) is 0 Å². The number of imidazole rings is 1. The third kappa shape index (κ3) is 4.10. The van der Waals surface area contributed by atoms with Gasteiger partial charge in [0.15, 0.2) is 0 Å². The molecule has 3 aromatic rings. The van der Waals surface area contributed by atoms with E-state index in [9.17, 15) is 9.59 Å². The molecule has 3 N–H and O–H groups in total. The van der Waals surface area contributed by atoms with E-state index in [2.05, 4.69) is 15.3 Å². The number of benzene rings is 2. The Morgan fingerprint density at radius 1 is 1.20 bits per heavy atom. The molecule has 0 radical (unpaired) electrons. The second-order valence-corrected chi connectivity index (χ2v) is 6.49. The fraction of sp³-hybridized carbons (Fsp3) is 0.222. The van der Waals surface area contributed by atoms with Crippen LogP contribution in [0.1, 0.15) is 12.5 Å². The number of fused-ring (bicyclic) bond motifs is 1. The molecule has 1 aromatic heterocycles. The molecule has 0 aliphatic carbocycles. The van der Waals surface area contributed by atoms with Gasteiger partial charge in [0.25, 0.3) is 0 Å². The molecule has 0 saturated carbocycles. The molecule has 1 amide bonds. The smallest absolute Gasteiger partial charge is 0.323 e. The first kappa shape index (κ1) is 17.3. The van der Waals surface area contributed by atoms with Gasteiger partial charge in [0.1, 0.15) is 0 Å². The van der Waals surface area contributed by atoms with E-state index in [-0.39, 0.29) is 17.6 Å². The number of likely N-dealkylation sites (N-methyl/N-ethyl adjacent to an activating group) is 1. The van der Waals surface area contributed by atoms with Crippen molar-refractivity contribution in [2.75, 3.05) is 12.4 Å². The molecule has 25 heavy (non-hydrogen) atoms. The predicted octanol–water partition coefficient (Wildman–Crippen LogP) is 2.97. The number of amides is 1. The summed E-state index contributed by atoms with van der Waals surface area (Å²) in [5.74, 6) is -0.123. The SMILES string of the molecule is C[C@H](C(=O)Nc1ccc2[nH]c(=O)[nH]c2c1)N(C)Cc1cccc(Cl)c1. The fourth-order valence-electron chi connectivity index (χ4n) is 2.62. The summed E-state index contributed by atoms with van der Waals surface area (Å²) in [6.07, 6.45) is 0. The van der Waals surface area contributed by atoms with Gasteiger partial charge in [0.05, 0.1) is 17.1 Å². The highest BCUT2D eigenvalue weighted by Crippen LogP contribution is 2.16. The Morgan fingerprint density at radius 3 is 2.72 bits per heavy atom. The summed E-state index contributed by atoms with van der Waals surface area (Å²) in [7, 11) is 1.89. The number of carbonyl (C=O) groups excluding carboxylic acids is 1. The van der Waals surface area contributed by atoms with Gasteiger partial charge in [-0.2, -0.15) is 0 Å². The number of aromatic nitrogens is 2. The lowest BCUT2D eigenvalue weighted by Crippen LogP contribution is -2.39. The number of halogens is 1. The van der Waals surface area contributed by atoms with Gasteiger partial charge in [-0.1, -0.05) is 23.7 Å². The number of anilines is 1. The lowest BCUT2D eigenvalue weighted by molar-refractivity contribution is -0.120. The normalized spacial score (nSPS) is 12.5. The molecule has 2 aromatic carbocycles. The number of carbonyl (C=O) groups is 1. The minimum absolute atomic E-state index is 0.123. The number of aromatic amines is 2. The molecule has 7 heteroatoms. The maximum Gasteiger partial charge on any atom is 0.323 e. The molecule has 0 saturated heterocycles. The molecule has 1 heterocycles. The van der Waals surface area contributed by atoms with Gasteiger partial charge < -0.3 is 15.3 Å². The second-order valence-electron chi connectivity index (χ2n) is 6.05. The maximum absolute atomic E-state index is 12.5. The Bertz CT molecular complexity index is 963. The van der Waals surface area contributed by atoms with Gasteiger partial charge >= 0.3 is 5.69 Å². The molecule has 130 valence electrons. The fourth-order valence-corrected chi connectivity index (χ4v) is 2.83. The number of nitrogens with zero attached hydrogens (tertiary/aromatic N) is 1. The van der Waals surface area contributed by atoms with Crippen LogP contribution in [-0.4, -0.2) is 33.9 Å². The highest BCUT2D eigenvalue weighted by Gasteiger charge is 2.18. The molecular formula is C18H19ClN4O2. The lowest BCUT2D eigenvalue weighted by atomic mass is 10.2. The van der Waals surface area contributed by atoms with Crippen molar-refractivity contribution in [3.05, 3.63) is 63.5 Å². The van der Waals surface area contributed by atoms with E-state index in [1.807, 2.05) is 43.1 Å². The van der Waals surface area contributed by atoms with Crippen LogP contribution in [0.25, 0.3) is 11.0 Å². The van der Waals surface area contributed by atoms with E-state index >= 15 is 0 Å². The summed E-state index contributed by atoms with van der Waals surface area (Å²) in [6.45, 7) is 2.45. The standard InChI is InChI=1S/C18H19ClN4O2/c1-11(23(2)10-12-4-3-5-13(19)8-12)17(24)20-14-6-7-15-16(9-14)22-18(25)21-15/h3-9,11H,10H2,1-2H3,(H,20,24)(H2,21,22,25)/t11-/m1/s1. The zero-order chi connectivity index (χ0) is 18.0. The predicted molar refractivity (Wildman–Crippen MR) is 99.9 cm³/mol. The highest BCUT2D eigenvalue weighted by atomic mass is 35.5. The largest absolute Gasteiger partial charge is 0.325 e. The first-order valence-electron chi connectivity index (χ1n) is 7.90. The van der Waals surface area contributed by atoms with Crippen LogP contribution in [0.5, 0.6) is 0 Å². The zero-order valence-corrected chi connectivity index (χ0v) is 14.7. The van der Waals surface area contributed by atoms with E-state index in [0.717, 1.165) is 5.56 Å². The summed E-state index contributed by atoms with van der Waals surface area (Å²) in [6, 6.07) is 12.5. The van der Waals surface area contributed by atoms with Crippen molar-refractivity contribution in [2.45, 2.75) is 19.5 Å². The quantitative estimate of drug-likeness (QED) is 0.656. The second kappa shape index (κ2) is 7.13. The van der Waals surface area contributed by atoms with Crippen LogP contribution < -0.4 is 11.0 Å². The van der Waals surface area contributed by atoms with Gasteiger partial charge in [-0.3, -0.25) is 9.69 Å². The van der Waals surface area contributed by atoms with Crippen LogP contribution in [0.3, 0.4) is 0 Å². The van der Waals surface area contributed by atoms with Crippen molar-refractivity contribution < 1.29 is 4.79 Å². The third-order valence-corrected chi connectivity index (χ3v) is 4.38. The molecule has 0 aliphatic heterocycles. The molecule has 1 atom stereocenters. The van der Waals surface area contributed by atoms with Gasteiger partial charge in [-0.15, -0.1) is 0 Å². The molecule has 0 spiro atoms. The third-order valence-electron chi connectivity index (χ3n) is 4.15. The first-order chi connectivity index (χ1) is 11.9. The van der Waals surface area contributed by atoms with Crippen LogP contribution in [0.4, 0.5) is 5.69 Å². The summed E-state index contributed by atoms with van der Waals surface area (Å²) in [4.78, 5) is 31.1. The van der Waals surface area contributed by atoms with E-state index < -0.39 is 0 Å². The van der Waals surface area contributed by atoms with Gasteiger partial charge in [0.2, 0.25) is 5.91 Å². The van der Waals surface area contributed by atoms with Gasteiger partial charge in [-0.05, 0) is 49.9 Å². The van der Waals surface area contributed by atoms with Crippen LogP contribution >= 0.6 is 11.6 Å². The van der Waals surface area contributed by atoms with Crippen LogP contribution in [0.2, 0.25) is 5.02 Å². The number of hydrogen-bond donors (Lipinski definition) is 3. The van der Waals surface area contributed by atoms with Crippen LogP contribution in [0.15, 0.2) is 47.3 Å². The van der Waals surface area contributed by atoms with Crippen molar-refractivity contribution in [3.63, 3.8) is 0 Å². The van der Waals surface area contributed by atoms with Gasteiger partial charge in [0, 0.05) is 17.3 Å². The number of H-pyrrole nitrogens is 2. The van der Waals surface area contributed by atoms with E-state index in [0.29, 0.717) is 28.3 Å². The Hall–Kier alpha value is -2.57. The summed E-state index contributed by atoms with van der Waals surface area (Å²) < 4.78 is 0. The van der Waals surface area contributed by atoms with Crippen molar-refractivity contribution in [2.24, 2.45) is 0 Å². The number of nitrogens with one attached hydrogen (secondary N) is 3. The van der Waals surface area contributed by atoms with E-state index in [1.165, 1.54) is 0 Å². The Morgan fingerprint density at radius 2 is 1.96 bits per heavy atom. The van der Waals surface area contributed by atoms with Gasteiger partial charge in [-0.25, -0.2) is 4.79 Å². The molecular weight excluding hydrogens is 340 g/mol. The van der Waals surface area contributed by atoms with Crippen LogP contribution in [0, 0.1) is 0 Å². The minimum Gasteiger partial charge on any atom is -0.325 e. The average Bonchev–Trinajstić information content (AvgIpc) is 2.93. The van der Waals surface area contributed by atoms with Crippen molar-refractivity contribution >= 4 is 34.2 Å². The first-order valence-corrected chi connectivity index (χ1v) is 8.28. The Kier molecular flexibility index (Phi) is 4.92. The molecule has 0 bridgehead atoms. The maximum atomic E-state index is 12.5. The van der Waals surface area contributed by atoms with E-state index in [4.69, 9.17) is 11.6 Å². The number of rotatable bonds is 5. The average molecular weight is 359 g/mol. The summed E-state index contributed by atoms with van der Waals surface area (Å²) in [5.41, 5.74) is 2.77. The zero-order valence-electron chi connectivity index (χ0n) is 14.0. The summed E-state index contributed by atoms with van der Waals surface area (Å²) >= 11 is 6.00. The molecule has 0 aliphatic rings. The monoisotopic (exact) mass is 358 g/mol. The van der Waals surface area contributed by atoms with Crippen LogP contribution in [-0.2, 0) is 11.3 Å². The van der Waals surface area contributed by atoms with Crippen molar-refractivity contribution in [3.8, 4) is 0 Å².